The number of alkyl halides is 3. The van der Waals surface area contributed by atoms with Crippen LogP contribution in [0, 0.1) is 0 Å². The van der Waals surface area contributed by atoms with Crippen LogP contribution in [0.5, 0.6) is 0 Å². The molecule has 1 N–H and O–H groups in total. The van der Waals surface area contributed by atoms with Crippen LogP contribution in [-0.2, 0) is 38.8 Å². The Morgan fingerprint density at radius 2 is 1.51 bits per heavy atom. The van der Waals surface area contributed by atoms with E-state index in [1.54, 1.807) is 62.4 Å². The van der Waals surface area contributed by atoms with E-state index in [2.05, 4.69) is 5.32 Å². The van der Waals surface area contributed by atoms with Crippen molar-refractivity contribution in [2.45, 2.75) is 45.1 Å². The summed E-state index contributed by atoms with van der Waals surface area (Å²) in [6, 6.07) is 14.5. The van der Waals surface area contributed by atoms with Crippen molar-refractivity contribution in [2.24, 2.45) is 0 Å². The Labute approximate surface area is 263 Å². The predicted octanol–water partition coefficient (Wildman–Crippen LogP) is 6.60. The Balaban J connectivity index is 2.14. The molecule has 0 aliphatic heterocycles. The number of amides is 2. The second-order valence-corrected chi connectivity index (χ2v) is 13.2. The van der Waals surface area contributed by atoms with Crippen molar-refractivity contribution < 1.29 is 31.2 Å². The topological polar surface area (TPSA) is 86.8 Å². The molecule has 0 aliphatic carbocycles. The SMILES string of the molecule is CC(C)NC(=O)[C@H](Cc1ccccc1)N(Cc1c(Cl)cccc1Cl)C(=O)CN(c1ccc(Cl)c(C(F)(F)F)c1)S(C)(=O)=O. The lowest BCUT2D eigenvalue weighted by Gasteiger charge is -2.34. The highest BCUT2D eigenvalue weighted by molar-refractivity contribution is 7.92. The number of carbonyl (C=O) groups excluding carboxylic acids is 2. The van der Waals surface area contributed by atoms with Gasteiger partial charge in [0.15, 0.2) is 0 Å². The number of halogens is 6. The number of hydrogen-bond donors (Lipinski definition) is 1. The summed E-state index contributed by atoms with van der Waals surface area (Å²) in [6.07, 6.45) is -4.10. The van der Waals surface area contributed by atoms with Gasteiger partial charge in [0.05, 0.1) is 22.5 Å². The van der Waals surface area contributed by atoms with Crippen LogP contribution in [-0.4, -0.2) is 50.0 Å². The molecule has 43 heavy (non-hydrogen) atoms. The number of carbonyl (C=O) groups is 2. The number of nitrogens with one attached hydrogen (secondary N) is 1. The number of anilines is 1. The zero-order valence-corrected chi connectivity index (χ0v) is 26.4. The van der Waals surface area contributed by atoms with Crippen LogP contribution in [0.1, 0.15) is 30.5 Å². The molecule has 3 rings (SSSR count). The third-order valence-corrected chi connectivity index (χ3v) is 8.49. The maximum Gasteiger partial charge on any atom is 0.417 e. The van der Waals surface area contributed by atoms with Crippen molar-refractivity contribution in [1.82, 2.24) is 10.2 Å². The number of nitrogens with zero attached hydrogens (tertiary/aromatic N) is 2. The fourth-order valence-electron chi connectivity index (χ4n) is 4.29. The van der Waals surface area contributed by atoms with Gasteiger partial charge in [-0.25, -0.2) is 8.42 Å². The average molecular weight is 679 g/mol. The van der Waals surface area contributed by atoms with Gasteiger partial charge >= 0.3 is 6.18 Å². The number of hydrogen-bond acceptors (Lipinski definition) is 4. The molecule has 0 saturated carbocycles. The third-order valence-electron chi connectivity index (χ3n) is 6.31. The minimum absolute atomic E-state index is 0.0330. The standard InChI is InChI=1S/C29H29Cl3F3N3O4S/c1-18(2)36-28(40)26(14-19-8-5-4-6-9-19)37(16-21-23(30)10-7-11-24(21)31)27(39)17-38(43(3,41)42)20-12-13-25(32)22(15-20)29(33,34)35/h4-13,15,18,26H,14,16-17H2,1-3H3,(H,36,40)/t26-/m0/s1. The molecule has 0 unspecified atom stereocenters. The number of sulfonamides is 1. The Morgan fingerprint density at radius 3 is 2.05 bits per heavy atom. The lowest BCUT2D eigenvalue weighted by molar-refractivity contribution is -0.140. The fourth-order valence-corrected chi connectivity index (χ4v) is 5.87. The molecule has 0 bridgehead atoms. The van der Waals surface area contributed by atoms with Crippen LogP contribution in [0.3, 0.4) is 0 Å². The quantitative estimate of drug-likeness (QED) is 0.248. The molecule has 0 heterocycles. The first-order chi connectivity index (χ1) is 20.0. The van der Waals surface area contributed by atoms with Gasteiger partial charge in [-0.2, -0.15) is 13.2 Å². The zero-order valence-electron chi connectivity index (χ0n) is 23.3. The van der Waals surface area contributed by atoms with Gasteiger partial charge in [0.25, 0.3) is 0 Å². The normalized spacial score (nSPS) is 12.6. The van der Waals surface area contributed by atoms with E-state index in [-0.39, 0.29) is 29.1 Å². The molecular weight excluding hydrogens is 650 g/mol. The molecule has 232 valence electrons. The summed E-state index contributed by atoms with van der Waals surface area (Å²) in [6.45, 7) is 2.24. The minimum atomic E-state index is -4.89. The third kappa shape index (κ3) is 9.25. The van der Waals surface area contributed by atoms with E-state index < -0.39 is 56.9 Å². The molecular formula is C29H29Cl3F3N3O4S. The lowest BCUT2D eigenvalue weighted by atomic mass is 10.0. The van der Waals surface area contributed by atoms with Crippen molar-refractivity contribution in [3.8, 4) is 0 Å². The zero-order chi connectivity index (χ0) is 32.1. The monoisotopic (exact) mass is 677 g/mol. The molecule has 3 aromatic carbocycles. The Kier molecular flexibility index (Phi) is 11.4. The van der Waals surface area contributed by atoms with E-state index in [1.165, 1.54) is 0 Å². The average Bonchev–Trinajstić information content (AvgIpc) is 2.90. The van der Waals surface area contributed by atoms with Crippen LogP contribution in [0.2, 0.25) is 15.1 Å². The number of benzene rings is 3. The first-order valence-corrected chi connectivity index (χ1v) is 15.9. The first-order valence-electron chi connectivity index (χ1n) is 12.9. The van der Waals surface area contributed by atoms with Gasteiger partial charge in [0.2, 0.25) is 21.8 Å². The van der Waals surface area contributed by atoms with E-state index in [0.717, 1.165) is 23.3 Å². The van der Waals surface area contributed by atoms with Crippen molar-refractivity contribution in [3.05, 3.63) is 98.5 Å². The van der Waals surface area contributed by atoms with Crippen molar-refractivity contribution in [1.29, 1.82) is 0 Å². The molecule has 1 atom stereocenters. The summed E-state index contributed by atoms with van der Waals surface area (Å²) in [4.78, 5) is 28.8. The van der Waals surface area contributed by atoms with Gasteiger partial charge in [-0.1, -0.05) is 71.2 Å². The Morgan fingerprint density at radius 1 is 0.907 bits per heavy atom. The van der Waals surface area contributed by atoms with E-state index in [1.807, 2.05) is 0 Å². The smallest absolute Gasteiger partial charge is 0.352 e. The first kappa shape index (κ1) is 34.5. The molecule has 3 aromatic rings. The van der Waals surface area contributed by atoms with Gasteiger partial charge in [-0.15, -0.1) is 0 Å². The van der Waals surface area contributed by atoms with Gasteiger partial charge in [0, 0.05) is 34.6 Å². The highest BCUT2D eigenvalue weighted by Crippen LogP contribution is 2.37. The van der Waals surface area contributed by atoms with Gasteiger partial charge < -0.3 is 10.2 Å². The molecule has 0 fully saturated rings. The summed E-state index contributed by atoms with van der Waals surface area (Å²) < 4.78 is 67.1. The van der Waals surface area contributed by atoms with Crippen molar-refractivity contribution in [3.63, 3.8) is 0 Å². The molecule has 0 aromatic heterocycles. The number of rotatable bonds is 11. The fraction of sp³-hybridized carbons (Fsp3) is 0.310. The summed E-state index contributed by atoms with van der Waals surface area (Å²) in [5.74, 6) is -1.42. The maximum absolute atomic E-state index is 14.1. The molecule has 7 nitrogen and oxygen atoms in total. The molecule has 2 amide bonds. The van der Waals surface area contributed by atoms with Gasteiger partial charge in [-0.05, 0) is 49.7 Å². The highest BCUT2D eigenvalue weighted by Gasteiger charge is 2.37. The summed E-state index contributed by atoms with van der Waals surface area (Å²) >= 11 is 18.6. The van der Waals surface area contributed by atoms with Gasteiger partial charge in [0.1, 0.15) is 12.6 Å². The maximum atomic E-state index is 14.1. The molecule has 0 radical (unpaired) electrons. The van der Waals surface area contributed by atoms with Crippen molar-refractivity contribution in [2.75, 3.05) is 17.1 Å². The summed E-state index contributed by atoms with van der Waals surface area (Å²) in [7, 11) is -4.31. The Bertz CT molecular complexity index is 1550. The lowest BCUT2D eigenvalue weighted by Crippen LogP contribution is -2.54. The van der Waals surface area contributed by atoms with Gasteiger partial charge in [-0.3, -0.25) is 13.9 Å². The van der Waals surface area contributed by atoms with E-state index in [4.69, 9.17) is 34.8 Å². The summed E-state index contributed by atoms with van der Waals surface area (Å²) in [5.41, 5.74) is -0.714. The molecule has 0 aliphatic rings. The summed E-state index contributed by atoms with van der Waals surface area (Å²) in [5, 5.41) is 2.54. The van der Waals surface area contributed by atoms with E-state index >= 15 is 0 Å². The molecule has 0 saturated heterocycles. The van der Waals surface area contributed by atoms with Crippen LogP contribution < -0.4 is 9.62 Å². The van der Waals surface area contributed by atoms with Crippen molar-refractivity contribution >= 4 is 62.3 Å². The molecule has 0 spiro atoms. The largest absolute Gasteiger partial charge is 0.417 e. The second-order valence-electron chi connectivity index (χ2n) is 10.0. The van der Waals surface area contributed by atoms with E-state index in [0.29, 0.717) is 21.5 Å². The minimum Gasteiger partial charge on any atom is -0.352 e. The van der Waals surface area contributed by atoms with E-state index in [9.17, 15) is 31.2 Å². The predicted molar refractivity (Wildman–Crippen MR) is 163 cm³/mol. The van der Waals surface area contributed by atoms with Crippen LogP contribution in [0.4, 0.5) is 18.9 Å². The second kappa shape index (κ2) is 14.2. The Hall–Kier alpha value is -2.99. The molecule has 14 heteroatoms. The van der Waals surface area contributed by atoms with Crippen LogP contribution >= 0.6 is 34.8 Å². The highest BCUT2D eigenvalue weighted by atomic mass is 35.5. The van der Waals surface area contributed by atoms with Crippen LogP contribution in [0.25, 0.3) is 0 Å². The van der Waals surface area contributed by atoms with Crippen LogP contribution in [0.15, 0.2) is 66.7 Å².